The number of hydrogen-bond donors (Lipinski definition) is 0. The van der Waals surface area contributed by atoms with Gasteiger partial charge in [0.15, 0.2) is 0 Å². The summed E-state index contributed by atoms with van der Waals surface area (Å²) in [4.78, 5) is 0. The first-order valence-corrected chi connectivity index (χ1v) is 4.78. The van der Waals surface area contributed by atoms with E-state index in [0.29, 0.717) is 0 Å². The molecule has 65 valence electrons. The lowest BCUT2D eigenvalue weighted by molar-refractivity contribution is 0.981. The van der Waals surface area contributed by atoms with Crippen LogP contribution in [0.3, 0.4) is 0 Å². The highest BCUT2D eigenvalue weighted by molar-refractivity contribution is 5.00. The fourth-order valence-corrected chi connectivity index (χ4v) is 1.18. The highest BCUT2D eigenvalue weighted by atomic mass is 13.9. The second-order valence-electron chi connectivity index (χ2n) is 3.00. The standard InChI is InChI=1S/C12H17/c1-2-4-6-8-10-12-11-9-7-5-3-1/h1-3,8-11H,4-7,12H2/b2-1+,10-8+,11-9-. The van der Waals surface area contributed by atoms with Crippen LogP contribution >= 0.6 is 0 Å². The van der Waals surface area contributed by atoms with Gasteiger partial charge in [0.1, 0.15) is 0 Å². The Hall–Kier alpha value is -0.780. The molecule has 0 aliphatic heterocycles. The number of hydrogen-bond acceptors (Lipinski definition) is 0. The second kappa shape index (κ2) is 6.90. The molecule has 0 heterocycles. The third-order valence-electron chi connectivity index (χ3n) is 1.88. The lowest BCUT2D eigenvalue weighted by Gasteiger charge is -1.92. The lowest BCUT2D eigenvalue weighted by Crippen LogP contribution is -1.73. The average Bonchev–Trinajstić information content (AvgIpc) is 2.05. The Morgan fingerprint density at radius 1 is 0.583 bits per heavy atom. The highest BCUT2D eigenvalue weighted by Gasteiger charge is 1.83. The summed E-state index contributed by atoms with van der Waals surface area (Å²) in [7, 11) is 0. The Labute approximate surface area is 75.7 Å². The molecule has 1 radical (unpaired) electrons. The molecule has 0 aromatic carbocycles. The third kappa shape index (κ3) is 4.95. The van der Waals surface area contributed by atoms with E-state index in [1.165, 1.54) is 25.7 Å². The molecule has 1 aliphatic rings. The van der Waals surface area contributed by atoms with Crippen molar-refractivity contribution < 1.29 is 0 Å². The molecule has 0 nitrogen and oxygen atoms in total. The van der Waals surface area contributed by atoms with Crippen LogP contribution in [0.5, 0.6) is 0 Å². The van der Waals surface area contributed by atoms with Crippen LogP contribution in [0.25, 0.3) is 0 Å². The van der Waals surface area contributed by atoms with E-state index in [1.807, 2.05) is 0 Å². The smallest absolute Gasteiger partial charge is 0.0167 e. The van der Waals surface area contributed by atoms with E-state index in [-0.39, 0.29) is 0 Å². The fraction of sp³-hybridized carbons (Fsp3) is 0.417. The molecule has 1 rings (SSSR count). The molecule has 0 bridgehead atoms. The van der Waals surface area contributed by atoms with Crippen LogP contribution in [-0.4, -0.2) is 0 Å². The van der Waals surface area contributed by atoms with Gasteiger partial charge in [-0.25, -0.2) is 0 Å². The molecular formula is C12H17. The molecule has 0 atom stereocenters. The van der Waals surface area contributed by atoms with Gasteiger partial charge < -0.3 is 0 Å². The van der Waals surface area contributed by atoms with Gasteiger partial charge in [-0.1, -0.05) is 36.5 Å². The first kappa shape index (κ1) is 9.31. The summed E-state index contributed by atoms with van der Waals surface area (Å²) in [6, 6.07) is 0. The van der Waals surface area contributed by atoms with Gasteiger partial charge in [-0.15, -0.1) is 0 Å². The summed E-state index contributed by atoms with van der Waals surface area (Å²) in [6.45, 7) is 0. The maximum atomic E-state index is 2.26. The summed E-state index contributed by atoms with van der Waals surface area (Å²) in [5.41, 5.74) is 0. The number of rotatable bonds is 0. The molecule has 12 heavy (non-hydrogen) atoms. The molecule has 0 spiro atoms. The zero-order chi connectivity index (χ0) is 8.49. The molecule has 0 saturated heterocycles. The molecule has 0 N–H and O–H groups in total. The van der Waals surface area contributed by atoms with E-state index in [0.717, 1.165) is 6.42 Å². The molecule has 0 aromatic rings. The van der Waals surface area contributed by atoms with E-state index in [4.69, 9.17) is 0 Å². The third-order valence-corrected chi connectivity index (χ3v) is 1.88. The van der Waals surface area contributed by atoms with E-state index >= 15 is 0 Å². The van der Waals surface area contributed by atoms with Crippen molar-refractivity contribution in [2.24, 2.45) is 0 Å². The Balaban J connectivity index is 2.30. The Morgan fingerprint density at radius 3 is 2.08 bits per heavy atom. The highest BCUT2D eigenvalue weighted by Crippen LogP contribution is 2.02. The van der Waals surface area contributed by atoms with Gasteiger partial charge in [-0.05, 0) is 38.5 Å². The minimum Gasteiger partial charge on any atom is -0.0882 e. The minimum absolute atomic E-state index is 1.10. The Bertz CT molecular complexity index is 172. The van der Waals surface area contributed by atoms with Gasteiger partial charge >= 0.3 is 0 Å². The summed E-state index contributed by atoms with van der Waals surface area (Å²) in [6.07, 6.45) is 21.5. The number of allylic oxidation sites excluding steroid dienone is 6. The van der Waals surface area contributed by atoms with Crippen LogP contribution in [0.2, 0.25) is 0 Å². The van der Waals surface area contributed by atoms with Gasteiger partial charge in [-0.2, -0.15) is 0 Å². The lowest BCUT2D eigenvalue weighted by atomic mass is 10.1. The maximum Gasteiger partial charge on any atom is -0.0167 e. The van der Waals surface area contributed by atoms with E-state index in [2.05, 4.69) is 42.9 Å². The SMILES string of the molecule is [CH]1/C=C/CC/C=C/C/C=C\CC1. The predicted molar refractivity (Wildman–Crippen MR) is 54.8 cm³/mol. The maximum absolute atomic E-state index is 2.26. The molecule has 0 unspecified atom stereocenters. The molecule has 0 heteroatoms. The van der Waals surface area contributed by atoms with Crippen molar-refractivity contribution in [3.63, 3.8) is 0 Å². The largest absolute Gasteiger partial charge is 0.0882 e. The van der Waals surface area contributed by atoms with Gasteiger partial charge in [0.05, 0.1) is 0 Å². The van der Waals surface area contributed by atoms with Crippen molar-refractivity contribution >= 4 is 0 Å². The molecule has 0 fully saturated rings. The molecular weight excluding hydrogens is 144 g/mol. The molecule has 0 amide bonds. The summed E-state index contributed by atoms with van der Waals surface area (Å²) in [5.74, 6) is 0. The topological polar surface area (TPSA) is 0 Å². The second-order valence-corrected chi connectivity index (χ2v) is 3.00. The first-order chi connectivity index (χ1) is 6.00. The van der Waals surface area contributed by atoms with Crippen molar-refractivity contribution in [2.45, 2.75) is 32.1 Å². The van der Waals surface area contributed by atoms with Crippen LogP contribution in [0, 0.1) is 6.42 Å². The fourth-order valence-electron chi connectivity index (χ4n) is 1.18. The molecule has 0 aromatic heterocycles. The van der Waals surface area contributed by atoms with Crippen molar-refractivity contribution in [1.29, 1.82) is 0 Å². The van der Waals surface area contributed by atoms with Gasteiger partial charge in [0.2, 0.25) is 0 Å². The van der Waals surface area contributed by atoms with Crippen molar-refractivity contribution in [3.8, 4) is 0 Å². The van der Waals surface area contributed by atoms with Crippen LogP contribution in [0.4, 0.5) is 0 Å². The zero-order valence-electron chi connectivity index (χ0n) is 7.58. The molecule has 1 aliphatic carbocycles. The summed E-state index contributed by atoms with van der Waals surface area (Å²) >= 11 is 0. The van der Waals surface area contributed by atoms with Crippen LogP contribution < -0.4 is 0 Å². The van der Waals surface area contributed by atoms with E-state index in [9.17, 15) is 0 Å². The van der Waals surface area contributed by atoms with Crippen molar-refractivity contribution in [3.05, 3.63) is 42.9 Å². The summed E-state index contributed by atoms with van der Waals surface area (Å²) in [5, 5.41) is 0. The first-order valence-electron chi connectivity index (χ1n) is 4.78. The normalized spacial score (nSPS) is 28.0. The zero-order valence-corrected chi connectivity index (χ0v) is 7.58. The minimum atomic E-state index is 1.10. The van der Waals surface area contributed by atoms with Crippen LogP contribution in [-0.2, 0) is 0 Å². The monoisotopic (exact) mass is 161 g/mol. The quantitative estimate of drug-likeness (QED) is 0.474. The van der Waals surface area contributed by atoms with Crippen LogP contribution in [0.1, 0.15) is 32.1 Å². The van der Waals surface area contributed by atoms with E-state index in [1.54, 1.807) is 0 Å². The van der Waals surface area contributed by atoms with Crippen molar-refractivity contribution in [1.82, 2.24) is 0 Å². The average molecular weight is 161 g/mol. The van der Waals surface area contributed by atoms with Crippen molar-refractivity contribution in [2.75, 3.05) is 0 Å². The van der Waals surface area contributed by atoms with Crippen LogP contribution in [0.15, 0.2) is 36.5 Å². The molecule has 0 saturated carbocycles. The van der Waals surface area contributed by atoms with Gasteiger partial charge in [-0.3, -0.25) is 0 Å². The Kier molecular flexibility index (Phi) is 5.35. The van der Waals surface area contributed by atoms with Gasteiger partial charge in [0, 0.05) is 0 Å². The summed E-state index contributed by atoms with van der Waals surface area (Å²) < 4.78 is 0. The Morgan fingerprint density at radius 2 is 1.25 bits per heavy atom. The van der Waals surface area contributed by atoms with Gasteiger partial charge in [0.25, 0.3) is 0 Å². The van der Waals surface area contributed by atoms with E-state index < -0.39 is 0 Å². The predicted octanol–water partition coefficient (Wildman–Crippen LogP) is 3.82.